The summed E-state index contributed by atoms with van der Waals surface area (Å²) in [5.74, 6) is -0.185. The lowest BCUT2D eigenvalue weighted by atomic mass is 10.4. The van der Waals surface area contributed by atoms with Crippen LogP contribution >= 0.6 is 0 Å². The Labute approximate surface area is 90.7 Å². The first kappa shape index (κ1) is 12.4. The van der Waals surface area contributed by atoms with Crippen molar-refractivity contribution in [2.45, 2.75) is 19.8 Å². The number of carbonyl (C=O) groups is 1. The third kappa shape index (κ3) is 5.71. The van der Waals surface area contributed by atoms with Crippen LogP contribution in [0, 0.1) is 0 Å². The first-order valence-corrected chi connectivity index (χ1v) is 5.54. The first-order valence-electron chi connectivity index (χ1n) is 5.54. The van der Waals surface area contributed by atoms with Gasteiger partial charge in [0, 0.05) is 13.1 Å². The summed E-state index contributed by atoms with van der Waals surface area (Å²) < 4.78 is 10.2. The van der Waals surface area contributed by atoms with E-state index in [0.29, 0.717) is 6.61 Å². The van der Waals surface area contributed by atoms with Crippen molar-refractivity contribution >= 4 is 5.97 Å². The molecule has 1 rings (SSSR count). The maximum Gasteiger partial charge on any atom is 0.321 e. The van der Waals surface area contributed by atoms with E-state index in [4.69, 9.17) is 9.47 Å². The van der Waals surface area contributed by atoms with Crippen LogP contribution in [0.4, 0.5) is 0 Å². The molecule has 1 aliphatic rings. The molecule has 88 valence electrons. The standard InChI is InChI=1S/C10H20N2O3/c1-2-3-6-15-10(13)9-11-12-4-7-14-8-5-12/h11H,2-9H2,1H3. The molecule has 1 saturated heterocycles. The smallest absolute Gasteiger partial charge is 0.321 e. The Morgan fingerprint density at radius 1 is 1.47 bits per heavy atom. The number of ether oxygens (including phenoxy) is 2. The Morgan fingerprint density at radius 2 is 2.20 bits per heavy atom. The van der Waals surface area contributed by atoms with E-state index in [-0.39, 0.29) is 12.5 Å². The van der Waals surface area contributed by atoms with Crippen LogP contribution in [0.15, 0.2) is 0 Å². The van der Waals surface area contributed by atoms with Crippen LogP contribution < -0.4 is 5.43 Å². The van der Waals surface area contributed by atoms with E-state index in [9.17, 15) is 4.79 Å². The summed E-state index contributed by atoms with van der Waals surface area (Å²) in [7, 11) is 0. The number of morpholine rings is 1. The summed E-state index contributed by atoms with van der Waals surface area (Å²) in [5, 5.41) is 1.99. The zero-order chi connectivity index (χ0) is 10.9. The van der Waals surface area contributed by atoms with E-state index >= 15 is 0 Å². The van der Waals surface area contributed by atoms with Gasteiger partial charge in [0.1, 0.15) is 6.54 Å². The molecule has 0 aromatic heterocycles. The number of hydrogen-bond donors (Lipinski definition) is 1. The summed E-state index contributed by atoms with van der Waals surface area (Å²) >= 11 is 0. The topological polar surface area (TPSA) is 50.8 Å². The second kappa shape index (κ2) is 7.62. The minimum Gasteiger partial charge on any atom is -0.465 e. The van der Waals surface area contributed by atoms with Crippen molar-refractivity contribution in [2.24, 2.45) is 0 Å². The number of unbranched alkanes of at least 4 members (excludes halogenated alkanes) is 1. The van der Waals surface area contributed by atoms with Crippen LogP contribution in [-0.2, 0) is 14.3 Å². The van der Waals surface area contributed by atoms with Gasteiger partial charge >= 0.3 is 5.97 Å². The molecular weight excluding hydrogens is 196 g/mol. The highest BCUT2D eigenvalue weighted by Crippen LogP contribution is 1.92. The molecule has 1 heterocycles. The van der Waals surface area contributed by atoms with Crippen LogP contribution in [0.2, 0.25) is 0 Å². The Morgan fingerprint density at radius 3 is 2.87 bits per heavy atom. The van der Waals surface area contributed by atoms with E-state index in [2.05, 4.69) is 12.3 Å². The molecule has 0 atom stereocenters. The van der Waals surface area contributed by atoms with Gasteiger partial charge in [0.25, 0.3) is 0 Å². The summed E-state index contributed by atoms with van der Waals surface area (Å²) in [6.07, 6.45) is 1.98. The number of carbonyl (C=O) groups excluding carboxylic acids is 1. The van der Waals surface area contributed by atoms with Gasteiger partial charge in [-0.15, -0.1) is 0 Å². The van der Waals surface area contributed by atoms with Crippen molar-refractivity contribution in [3.63, 3.8) is 0 Å². The number of esters is 1. The maximum atomic E-state index is 11.2. The highest BCUT2D eigenvalue weighted by Gasteiger charge is 2.11. The van der Waals surface area contributed by atoms with Crippen LogP contribution in [0.25, 0.3) is 0 Å². The fourth-order valence-corrected chi connectivity index (χ4v) is 1.28. The highest BCUT2D eigenvalue weighted by molar-refractivity contribution is 5.71. The van der Waals surface area contributed by atoms with Gasteiger partial charge in [-0.05, 0) is 6.42 Å². The number of hydrogen-bond acceptors (Lipinski definition) is 5. The van der Waals surface area contributed by atoms with E-state index in [1.165, 1.54) is 0 Å². The third-order valence-corrected chi connectivity index (χ3v) is 2.22. The molecule has 5 heteroatoms. The number of nitrogens with one attached hydrogen (secondary N) is 1. The van der Waals surface area contributed by atoms with Gasteiger partial charge in [0.15, 0.2) is 0 Å². The van der Waals surface area contributed by atoms with Gasteiger partial charge in [-0.1, -0.05) is 13.3 Å². The largest absolute Gasteiger partial charge is 0.465 e. The molecule has 0 aliphatic carbocycles. The average Bonchev–Trinajstić information content (AvgIpc) is 2.28. The summed E-state index contributed by atoms with van der Waals surface area (Å²) in [6, 6.07) is 0. The molecule has 15 heavy (non-hydrogen) atoms. The summed E-state index contributed by atoms with van der Waals surface area (Å²) in [5.41, 5.74) is 3.03. The number of nitrogens with zero attached hydrogens (tertiary/aromatic N) is 1. The van der Waals surface area contributed by atoms with Gasteiger partial charge in [-0.25, -0.2) is 10.4 Å². The first-order chi connectivity index (χ1) is 7.33. The van der Waals surface area contributed by atoms with E-state index in [1.54, 1.807) is 0 Å². The molecule has 5 nitrogen and oxygen atoms in total. The lowest BCUT2D eigenvalue weighted by Gasteiger charge is -2.26. The van der Waals surface area contributed by atoms with Crippen molar-refractivity contribution in [1.82, 2.24) is 10.4 Å². The predicted octanol–water partition coefficient (Wildman–Crippen LogP) is 0.167. The van der Waals surface area contributed by atoms with Gasteiger partial charge in [-0.2, -0.15) is 0 Å². The minimum atomic E-state index is -0.185. The average molecular weight is 216 g/mol. The second-order valence-corrected chi connectivity index (χ2v) is 3.51. The van der Waals surface area contributed by atoms with E-state index in [0.717, 1.165) is 39.1 Å². The summed E-state index contributed by atoms with van der Waals surface area (Å²) in [6.45, 7) is 5.93. The molecule has 0 unspecified atom stereocenters. The molecule has 0 radical (unpaired) electrons. The normalized spacial score (nSPS) is 17.7. The molecule has 0 aromatic rings. The molecule has 0 aromatic carbocycles. The Bertz CT molecular complexity index is 182. The Kier molecular flexibility index (Phi) is 6.31. The van der Waals surface area contributed by atoms with Crippen LogP contribution in [0.3, 0.4) is 0 Å². The zero-order valence-electron chi connectivity index (χ0n) is 9.33. The van der Waals surface area contributed by atoms with Crippen LogP contribution in [0.1, 0.15) is 19.8 Å². The van der Waals surface area contributed by atoms with Gasteiger partial charge in [-0.3, -0.25) is 4.79 Å². The van der Waals surface area contributed by atoms with Gasteiger partial charge in [0.2, 0.25) is 0 Å². The molecule has 0 saturated carbocycles. The van der Waals surface area contributed by atoms with Crippen molar-refractivity contribution in [1.29, 1.82) is 0 Å². The van der Waals surface area contributed by atoms with Crippen LogP contribution in [-0.4, -0.2) is 50.4 Å². The van der Waals surface area contributed by atoms with Gasteiger partial charge in [0.05, 0.1) is 19.8 Å². The van der Waals surface area contributed by atoms with E-state index < -0.39 is 0 Å². The molecular formula is C10H20N2O3. The van der Waals surface area contributed by atoms with Gasteiger partial charge < -0.3 is 9.47 Å². The fraction of sp³-hybridized carbons (Fsp3) is 0.900. The lowest BCUT2D eigenvalue weighted by Crippen LogP contribution is -2.47. The Balaban J connectivity index is 2.00. The monoisotopic (exact) mass is 216 g/mol. The Hall–Kier alpha value is -0.650. The second-order valence-electron chi connectivity index (χ2n) is 3.51. The highest BCUT2D eigenvalue weighted by atomic mass is 16.5. The number of rotatable bonds is 6. The maximum absolute atomic E-state index is 11.2. The van der Waals surface area contributed by atoms with Crippen molar-refractivity contribution in [3.05, 3.63) is 0 Å². The quantitative estimate of drug-likeness (QED) is 0.506. The molecule has 0 bridgehead atoms. The molecule has 1 aliphatic heterocycles. The zero-order valence-corrected chi connectivity index (χ0v) is 9.33. The molecule has 1 fully saturated rings. The van der Waals surface area contributed by atoms with Crippen molar-refractivity contribution in [3.8, 4) is 0 Å². The molecule has 0 spiro atoms. The summed E-state index contributed by atoms with van der Waals surface area (Å²) in [4.78, 5) is 11.2. The van der Waals surface area contributed by atoms with Crippen LogP contribution in [0.5, 0.6) is 0 Å². The van der Waals surface area contributed by atoms with E-state index in [1.807, 2.05) is 5.01 Å². The number of hydrazine groups is 1. The lowest BCUT2D eigenvalue weighted by molar-refractivity contribution is -0.144. The SMILES string of the molecule is CCCCOC(=O)CNN1CCOCC1. The fourth-order valence-electron chi connectivity index (χ4n) is 1.28. The van der Waals surface area contributed by atoms with Crippen molar-refractivity contribution in [2.75, 3.05) is 39.5 Å². The molecule has 1 N–H and O–H groups in total. The third-order valence-electron chi connectivity index (χ3n) is 2.22. The minimum absolute atomic E-state index is 0.185. The predicted molar refractivity (Wildman–Crippen MR) is 56.3 cm³/mol. The molecule has 0 amide bonds. The van der Waals surface area contributed by atoms with Crippen molar-refractivity contribution < 1.29 is 14.3 Å².